The van der Waals surface area contributed by atoms with E-state index in [9.17, 15) is 58.2 Å². The molecule has 9 amide bonds. The Kier molecular flexibility index (Phi) is 22.7. The largest absolute Gasteiger partial charge is 0.480 e. The lowest BCUT2D eigenvalue weighted by molar-refractivity contribution is -0.149. The molecule has 4 heterocycles. The summed E-state index contributed by atoms with van der Waals surface area (Å²) in [6, 6.07) is -3.09. The Morgan fingerprint density at radius 3 is 1.79 bits per heavy atom. The molecule has 0 saturated carbocycles. The number of aromatic amines is 2. The maximum Gasteiger partial charge on any atom is 0.326 e. The molecular formula is C49H70N14O12S. The third-order valence-electron chi connectivity index (χ3n) is 13.4. The Labute approximate surface area is 443 Å². The number of carboxylic acid groups (broad SMARTS) is 1. The van der Waals surface area contributed by atoms with E-state index in [2.05, 4.69) is 51.8 Å². The minimum atomic E-state index is -1.72. The van der Waals surface area contributed by atoms with E-state index in [-0.39, 0.29) is 51.6 Å². The van der Waals surface area contributed by atoms with E-state index in [1.54, 1.807) is 44.2 Å². The predicted octanol–water partition coefficient (Wildman–Crippen LogP) is -2.87. The first-order valence-electron chi connectivity index (χ1n) is 25.1. The fraction of sp³-hybridized carbons (Fsp3) is 0.551. The van der Waals surface area contributed by atoms with Crippen molar-refractivity contribution in [2.75, 3.05) is 31.7 Å². The van der Waals surface area contributed by atoms with Crippen LogP contribution in [0.15, 0.2) is 55.4 Å². The van der Waals surface area contributed by atoms with Crippen molar-refractivity contribution in [1.82, 2.24) is 61.6 Å². The quantitative estimate of drug-likeness (QED) is 0.0333. The number of nitrogens with one attached hydrogen (secondary N) is 8. The zero-order valence-corrected chi connectivity index (χ0v) is 43.5. The van der Waals surface area contributed by atoms with Gasteiger partial charge in [-0.1, -0.05) is 50.6 Å². The molecule has 0 radical (unpaired) electrons. The van der Waals surface area contributed by atoms with Crippen molar-refractivity contribution in [1.29, 1.82) is 0 Å². The molecule has 14 N–H and O–H groups in total. The lowest BCUT2D eigenvalue weighted by Crippen LogP contribution is -2.62. The molecule has 0 aliphatic carbocycles. The normalized spacial score (nSPS) is 18.4. The van der Waals surface area contributed by atoms with Crippen LogP contribution in [0.3, 0.4) is 0 Å². The van der Waals surface area contributed by atoms with Crippen LogP contribution in [-0.2, 0) is 67.2 Å². The Morgan fingerprint density at radius 1 is 0.711 bits per heavy atom. The molecule has 27 heteroatoms. The second-order valence-corrected chi connectivity index (χ2v) is 19.9. The van der Waals surface area contributed by atoms with Gasteiger partial charge in [-0.2, -0.15) is 11.8 Å². The van der Waals surface area contributed by atoms with Crippen molar-refractivity contribution in [2.45, 2.75) is 132 Å². The van der Waals surface area contributed by atoms with Gasteiger partial charge in [0.1, 0.15) is 54.4 Å². The number of rotatable bonds is 29. The highest BCUT2D eigenvalue weighted by Gasteiger charge is 2.42. The summed E-state index contributed by atoms with van der Waals surface area (Å²) in [6.45, 7) is 3.06. The van der Waals surface area contributed by atoms with E-state index in [1.807, 2.05) is 6.26 Å². The molecule has 2 aliphatic heterocycles. The van der Waals surface area contributed by atoms with Gasteiger partial charge in [-0.25, -0.2) is 14.8 Å². The second-order valence-electron chi connectivity index (χ2n) is 18.9. The fourth-order valence-electron chi connectivity index (χ4n) is 8.99. The van der Waals surface area contributed by atoms with Crippen LogP contribution in [0, 0.1) is 5.92 Å². The molecular weight excluding hydrogens is 1010 g/mol. The number of likely N-dealkylation sites (tertiary alicyclic amines) is 2. The number of nitrogens with zero attached hydrogens (tertiary/aromatic N) is 4. The Hall–Kier alpha value is -7.39. The number of thioether (sulfide) groups is 1. The summed E-state index contributed by atoms with van der Waals surface area (Å²) in [5, 5.41) is 35.1. The number of nitrogens with two attached hydrogens (primary N) is 2. The fourth-order valence-corrected chi connectivity index (χ4v) is 9.46. The van der Waals surface area contributed by atoms with Crippen LogP contribution in [0.5, 0.6) is 0 Å². The van der Waals surface area contributed by atoms with Crippen molar-refractivity contribution in [3.8, 4) is 0 Å². The maximum absolute atomic E-state index is 14.5. The number of aliphatic hydroxyl groups is 1. The lowest BCUT2D eigenvalue weighted by atomic mass is 9.96. The standard InChI is InChI=1S/C49H70N14O12S/c1-4-27(2)40(46(71)60-36(20-30-23-53-26-55-30)48(73)63-16-9-13-38(63)49(74)75)61-44(69)35(21-39(51)65)58-43(68)34(19-29-22-52-25-54-29)57-42(67)33(18-28-10-6-5-7-11-28)59-45(70)37-12-8-15-62(37)47(72)32(14-17-76-3)56-41(66)31(50)24-64/h5-7,10-11,22-23,25-27,31-38,40,64H,4,8-9,12-21,24,50H2,1-3H3,(H2,51,65)(H,52,54)(H,53,55)(H,56,66)(H,57,67)(H,58,68)(H,59,70)(H,60,71)(H,61,69)(H,74,75)/t27-,31-,32-,33-,34-,35-,36-,37-,38-,40-/m0/s1. The Balaban J connectivity index is 1.37. The van der Waals surface area contributed by atoms with Gasteiger partial charge in [0.2, 0.25) is 53.2 Å². The highest BCUT2D eigenvalue weighted by Crippen LogP contribution is 2.22. The first-order chi connectivity index (χ1) is 36.3. The average molecular weight is 1080 g/mol. The second kappa shape index (κ2) is 29.1. The third kappa shape index (κ3) is 16.8. The van der Waals surface area contributed by atoms with Gasteiger partial charge < -0.3 is 73.3 Å². The lowest BCUT2D eigenvalue weighted by Gasteiger charge is -2.31. The zero-order valence-electron chi connectivity index (χ0n) is 42.7. The van der Waals surface area contributed by atoms with E-state index < -0.39 is 132 Å². The molecule has 5 rings (SSSR count). The number of primary amides is 1. The molecule has 0 spiro atoms. The van der Waals surface area contributed by atoms with E-state index in [1.165, 1.54) is 46.6 Å². The molecule has 10 atom stereocenters. The number of aliphatic hydroxyl groups excluding tert-OH is 1. The molecule has 1 aromatic carbocycles. The maximum atomic E-state index is 14.5. The highest BCUT2D eigenvalue weighted by atomic mass is 32.2. The molecule has 0 bridgehead atoms. The first kappa shape index (κ1) is 59.5. The van der Waals surface area contributed by atoms with Crippen molar-refractivity contribution in [3.63, 3.8) is 0 Å². The van der Waals surface area contributed by atoms with Gasteiger partial charge in [0.25, 0.3) is 0 Å². The first-order valence-corrected chi connectivity index (χ1v) is 26.5. The molecule has 26 nitrogen and oxygen atoms in total. The van der Waals surface area contributed by atoms with Gasteiger partial charge in [-0.05, 0) is 55.6 Å². The van der Waals surface area contributed by atoms with Gasteiger partial charge in [0, 0.05) is 56.1 Å². The minimum Gasteiger partial charge on any atom is -0.480 e. The number of hydrogen-bond acceptors (Lipinski definition) is 15. The van der Waals surface area contributed by atoms with E-state index in [0.29, 0.717) is 42.0 Å². The van der Waals surface area contributed by atoms with Crippen LogP contribution in [0.1, 0.15) is 75.7 Å². The summed E-state index contributed by atoms with van der Waals surface area (Å²) in [5.41, 5.74) is 12.8. The monoisotopic (exact) mass is 1080 g/mol. The smallest absolute Gasteiger partial charge is 0.326 e. The summed E-state index contributed by atoms with van der Waals surface area (Å²) < 4.78 is 0. The number of imidazole rings is 2. The summed E-state index contributed by atoms with van der Waals surface area (Å²) in [6.07, 6.45) is 8.01. The van der Waals surface area contributed by atoms with Gasteiger partial charge in [0.15, 0.2) is 0 Å². The van der Waals surface area contributed by atoms with Gasteiger partial charge in [0.05, 0.1) is 25.7 Å². The molecule has 2 aliphatic rings. The molecule has 3 aromatic rings. The zero-order chi connectivity index (χ0) is 55.5. The van der Waals surface area contributed by atoms with E-state index in [4.69, 9.17) is 11.5 Å². The van der Waals surface area contributed by atoms with Crippen LogP contribution in [0.25, 0.3) is 0 Å². The number of aliphatic carboxylic acids is 1. The van der Waals surface area contributed by atoms with Crippen LogP contribution >= 0.6 is 11.8 Å². The van der Waals surface area contributed by atoms with Crippen molar-refractivity contribution < 1.29 is 58.2 Å². The summed E-state index contributed by atoms with van der Waals surface area (Å²) in [7, 11) is 0. The van der Waals surface area contributed by atoms with Crippen LogP contribution in [0.4, 0.5) is 0 Å². The number of hydrogen-bond donors (Lipinski definition) is 12. The number of aromatic nitrogens is 4. The number of amides is 9. The minimum absolute atomic E-state index is 0.0821. The topological polar surface area (TPSA) is 399 Å². The summed E-state index contributed by atoms with van der Waals surface area (Å²) >= 11 is 1.44. The van der Waals surface area contributed by atoms with Crippen molar-refractivity contribution >= 4 is 70.9 Å². The van der Waals surface area contributed by atoms with Gasteiger partial charge >= 0.3 is 5.97 Å². The van der Waals surface area contributed by atoms with E-state index >= 15 is 0 Å². The number of carboxylic acids is 1. The Morgan fingerprint density at radius 2 is 1.24 bits per heavy atom. The predicted molar refractivity (Wildman–Crippen MR) is 275 cm³/mol. The number of carbonyl (C=O) groups excluding carboxylic acids is 9. The van der Waals surface area contributed by atoms with E-state index in [0.717, 1.165) is 0 Å². The number of carbonyl (C=O) groups is 10. The summed E-state index contributed by atoms with van der Waals surface area (Å²) in [4.78, 5) is 153. The number of H-pyrrole nitrogens is 2. The van der Waals surface area contributed by atoms with Gasteiger partial charge in [-0.15, -0.1) is 0 Å². The molecule has 2 fully saturated rings. The Bertz CT molecular complexity index is 2470. The average Bonchev–Trinajstić information content (AvgIpc) is 4.27. The SMILES string of the molecule is CC[C@H](C)[C@H](NC(=O)[C@H](CC(N)=O)NC(=O)[C@H](Cc1cnc[nH]1)NC(=O)[C@H](Cc1ccccc1)NC(=O)[C@@H]1CCCN1C(=O)[C@H](CCSC)NC(=O)[C@@H](N)CO)C(=O)N[C@@H](Cc1cnc[nH]1)C(=O)N1CCC[C@H]1C(=O)O. The third-order valence-corrected chi connectivity index (χ3v) is 14.0. The van der Waals surface area contributed by atoms with Crippen LogP contribution in [-0.4, -0.2) is 185 Å². The molecule has 2 saturated heterocycles. The number of benzene rings is 1. The van der Waals surface area contributed by atoms with Gasteiger partial charge in [-0.3, -0.25) is 43.2 Å². The molecule has 2 aromatic heterocycles. The van der Waals surface area contributed by atoms with Crippen LogP contribution < -0.4 is 43.4 Å². The molecule has 414 valence electrons. The summed E-state index contributed by atoms with van der Waals surface area (Å²) in [5.74, 6) is -8.63. The van der Waals surface area contributed by atoms with Crippen molar-refractivity contribution in [2.24, 2.45) is 17.4 Å². The highest BCUT2D eigenvalue weighted by molar-refractivity contribution is 7.98. The molecule has 76 heavy (non-hydrogen) atoms. The van der Waals surface area contributed by atoms with Crippen molar-refractivity contribution in [3.05, 3.63) is 72.3 Å². The molecule has 0 unspecified atom stereocenters. The van der Waals surface area contributed by atoms with Crippen LogP contribution in [0.2, 0.25) is 0 Å².